The van der Waals surface area contributed by atoms with Gasteiger partial charge in [0.25, 0.3) is 10.0 Å². The van der Waals surface area contributed by atoms with Crippen molar-refractivity contribution in [3.63, 3.8) is 0 Å². The maximum absolute atomic E-state index is 14.3. The lowest BCUT2D eigenvalue weighted by Crippen LogP contribution is -2.53. The smallest absolute Gasteiger partial charge is 0.264 e. The first-order chi connectivity index (χ1) is 21.5. The van der Waals surface area contributed by atoms with Crippen LogP contribution >= 0.6 is 0 Å². The topological polar surface area (TPSA) is 105 Å². The number of hydrogen-bond acceptors (Lipinski definition) is 6. The molecule has 11 heteroatoms. The lowest BCUT2D eigenvalue weighted by Gasteiger charge is -2.34. The number of hydrogen-bond donors (Lipinski definition) is 1. The van der Waals surface area contributed by atoms with Gasteiger partial charge in [0.15, 0.2) is 11.5 Å². The van der Waals surface area contributed by atoms with E-state index in [9.17, 15) is 22.4 Å². The number of amides is 2. The van der Waals surface area contributed by atoms with E-state index in [0.29, 0.717) is 23.4 Å². The van der Waals surface area contributed by atoms with Gasteiger partial charge in [-0.05, 0) is 86.2 Å². The van der Waals surface area contributed by atoms with E-state index in [1.165, 1.54) is 49.5 Å². The van der Waals surface area contributed by atoms with Crippen molar-refractivity contribution in [3.8, 4) is 11.5 Å². The molecule has 1 fully saturated rings. The summed E-state index contributed by atoms with van der Waals surface area (Å²) < 4.78 is 54.1. The number of benzene rings is 3. The quantitative estimate of drug-likeness (QED) is 0.264. The van der Waals surface area contributed by atoms with E-state index in [2.05, 4.69) is 5.32 Å². The zero-order valence-electron chi connectivity index (χ0n) is 26.5. The molecule has 0 unspecified atom stereocenters. The van der Waals surface area contributed by atoms with Crippen molar-refractivity contribution in [2.24, 2.45) is 0 Å². The van der Waals surface area contributed by atoms with E-state index in [-0.39, 0.29) is 29.1 Å². The summed E-state index contributed by atoms with van der Waals surface area (Å²) in [5, 5.41) is 3.09. The lowest BCUT2D eigenvalue weighted by molar-refractivity contribution is -0.140. The van der Waals surface area contributed by atoms with Gasteiger partial charge in [-0.2, -0.15) is 0 Å². The van der Waals surface area contributed by atoms with E-state index in [0.717, 1.165) is 41.1 Å². The SMILES string of the molecule is CC[C@@H](C(=O)NC1CCCC1)N(Cc1ccc(F)cc1)C(=O)CN(c1cc(C)cc(C)c1)S(=O)(=O)c1ccc(OC)c(OC)c1. The highest BCUT2D eigenvalue weighted by molar-refractivity contribution is 7.92. The van der Waals surface area contributed by atoms with Gasteiger partial charge in [0, 0.05) is 18.7 Å². The molecule has 9 nitrogen and oxygen atoms in total. The number of sulfonamides is 1. The molecule has 0 saturated heterocycles. The molecule has 242 valence electrons. The van der Waals surface area contributed by atoms with Gasteiger partial charge in [-0.15, -0.1) is 0 Å². The molecule has 45 heavy (non-hydrogen) atoms. The monoisotopic (exact) mass is 639 g/mol. The number of halogens is 1. The Morgan fingerprint density at radius 2 is 1.56 bits per heavy atom. The summed E-state index contributed by atoms with van der Waals surface area (Å²) in [5.74, 6) is -0.714. The largest absolute Gasteiger partial charge is 0.493 e. The zero-order valence-corrected chi connectivity index (χ0v) is 27.3. The molecule has 1 aliphatic rings. The predicted octanol–water partition coefficient (Wildman–Crippen LogP) is 5.52. The molecule has 4 rings (SSSR count). The molecule has 1 aliphatic carbocycles. The number of methoxy groups -OCH3 is 2. The van der Waals surface area contributed by atoms with Crippen LogP contribution in [-0.4, -0.2) is 58.0 Å². The molecule has 0 heterocycles. The summed E-state index contributed by atoms with van der Waals surface area (Å²) in [7, 11) is -1.46. The van der Waals surface area contributed by atoms with Crippen LogP contribution in [0.15, 0.2) is 65.6 Å². The number of nitrogens with one attached hydrogen (secondary N) is 1. The highest BCUT2D eigenvalue weighted by atomic mass is 32.2. The van der Waals surface area contributed by atoms with Crippen LogP contribution in [0.2, 0.25) is 0 Å². The fourth-order valence-corrected chi connectivity index (χ4v) is 7.21. The van der Waals surface area contributed by atoms with Gasteiger partial charge < -0.3 is 19.7 Å². The van der Waals surface area contributed by atoms with E-state index < -0.39 is 34.3 Å². The summed E-state index contributed by atoms with van der Waals surface area (Å²) in [4.78, 5) is 29.2. The van der Waals surface area contributed by atoms with Crippen LogP contribution in [0, 0.1) is 19.7 Å². The summed E-state index contributed by atoms with van der Waals surface area (Å²) in [6.45, 7) is 4.92. The van der Waals surface area contributed by atoms with E-state index in [1.54, 1.807) is 24.3 Å². The minimum absolute atomic E-state index is 0.00714. The third kappa shape index (κ3) is 8.13. The average Bonchev–Trinajstić information content (AvgIpc) is 3.52. The second-order valence-electron chi connectivity index (χ2n) is 11.4. The number of nitrogens with zero attached hydrogens (tertiary/aromatic N) is 2. The molecule has 0 aromatic heterocycles. The van der Waals surface area contributed by atoms with Gasteiger partial charge in [0.1, 0.15) is 18.4 Å². The van der Waals surface area contributed by atoms with Crippen LogP contribution < -0.4 is 19.1 Å². The molecule has 0 aliphatic heterocycles. The van der Waals surface area contributed by atoms with Crippen molar-refractivity contribution < 1.29 is 31.9 Å². The number of aryl methyl sites for hydroxylation is 2. The highest BCUT2D eigenvalue weighted by Crippen LogP contribution is 2.33. The van der Waals surface area contributed by atoms with Gasteiger partial charge in [-0.1, -0.05) is 38.0 Å². The third-order valence-corrected chi connectivity index (χ3v) is 9.84. The fourth-order valence-electron chi connectivity index (χ4n) is 5.80. The summed E-state index contributed by atoms with van der Waals surface area (Å²) in [5.41, 5.74) is 2.55. The first-order valence-electron chi connectivity index (χ1n) is 15.1. The molecule has 3 aromatic carbocycles. The summed E-state index contributed by atoms with van der Waals surface area (Å²) in [6, 6.07) is 14.4. The number of carbonyl (C=O) groups is 2. The van der Waals surface area contributed by atoms with Gasteiger partial charge >= 0.3 is 0 Å². The van der Waals surface area contributed by atoms with Gasteiger partial charge in [0.05, 0.1) is 24.8 Å². The molecule has 3 aromatic rings. The van der Waals surface area contributed by atoms with E-state index in [1.807, 2.05) is 26.8 Å². The maximum atomic E-state index is 14.3. The second-order valence-corrected chi connectivity index (χ2v) is 13.3. The third-order valence-electron chi connectivity index (χ3n) is 8.07. The Bertz CT molecular complexity index is 1590. The molecular weight excluding hydrogens is 597 g/mol. The first-order valence-corrected chi connectivity index (χ1v) is 16.6. The van der Waals surface area contributed by atoms with Crippen molar-refractivity contribution in [1.82, 2.24) is 10.2 Å². The lowest BCUT2D eigenvalue weighted by atomic mass is 10.1. The molecule has 0 bridgehead atoms. The highest BCUT2D eigenvalue weighted by Gasteiger charge is 2.35. The Kier molecular flexibility index (Phi) is 11.1. The fraction of sp³-hybridized carbons (Fsp3) is 0.412. The Morgan fingerprint density at radius 1 is 0.933 bits per heavy atom. The van der Waals surface area contributed by atoms with E-state index >= 15 is 0 Å². The minimum atomic E-state index is -4.32. The van der Waals surface area contributed by atoms with Gasteiger partial charge in [0.2, 0.25) is 11.8 Å². The van der Waals surface area contributed by atoms with Crippen molar-refractivity contribution in [2.45, 2.75) is 76.4 Å². The molecule has 1 N–H and O–H groups in total. The summed E-state index contributed by atoms with van der Waals surface area (Å²) >= 11 is 0. The predicted molar refractivity (Wildman–Crippen MR) is 171 cm³/mol. The van der Waals surface area contributed by atoms with Gasteiger partial charge in [-0.3, -0.25) is 13.9 Å². The Hall–Kier alpha value is -4.12. The first kappa shape index (κ1) is 33.8. The molecule has 1 saturated carbocycles. The molecule has 0 radical (unpaired) electrons. The minimum Gasteiger partial charge on any atom is -0.493 e. The molecule has 0 spiro atoms. The van der Waals surface area contributed by atoms with Crippen molar-refractivity contribution in [1.29, 1.82) is 0 Å². The van der Waals surface area contributed by atoms with Crippen molar-refractivity contribution in [2.75, 3.05) is 25.1 Å². The molecular formula is C34H42FN3O6S. The van der Waals surface area contributed by atoms with Gasteiger partial charge in [-0.25, -0.2) is 12.8 Å². The van der Waals surface area contributed by atoms with Crippen LogP contribution in [0.3, 0.4) is 0 Å². The number of ether oxygens (including phenoxy) is 2. The number of rotatable bonds is 13. The van der Waals surface area contributed by atoms with Crippen LogP contribution in [-0.2, 0) is 26.2 Å². The molecule has 1 atom stereocenters. The van der Waals surface area contributed by atoms with E-state index in [4.69, 9.17) is 9.47 Å². The second kappa shape index (κ2) is 14.8. The Balaban J connectivity index is 1.77. The van der Waals surface area contributed by atoms with Crippen LogP contribution in [0.25, 0.3) is 0 Å². The average molecular weight is 640 g/mol. The standard InChI is InChI=1S/C34H42FN3O6S/c1-6-30(34(40)36-27-9-7-8-10-27)37(21-25-11-13-26(35)14-12-25)33(39)22-38(28-18-23(2)17-24(3)19-28)45(41,42)29-15-16-31(43-4)32(20-29)44-5/h11-20,27,30H,6-10,21-22H2,1-5H3,(H,36,40)/t30-/m0/s1. The Morgan fingerprint density at radius 3 is 2.13 bits per heavy atom. The molecule has 2 amide bonds. The Labute approximate surface area is 265 Å². The zero-order chi connectivity index (χ0) is 32.7. The van der Waals surface area contributed by atoms with Crippen LogP contribution in [0.4, 0.5) is 10.1 Å². The van der Waals surface area contributed by atoms with Crippen molar-refractivity contribution >= 4 is 27.5 Å². The maximum Gasteiger partial charge on any atom is 0.264 e. The number of carbonyl (C=O) groups excluding carboxylic acids is 2. The normalized spacial score (nSPS) is 14.1. The van der Waals surface area contributed by atoms with Crippen molar-refractivity contribution in [3.05, 3.63) is 83.2 Å². The van der Waals surface area contributed by atoms with Crippen LogP contribution in [0.5, 0.6) is 11.5 Å². The number of anilines is 1. The van der Waals surface area contributed by atoms with Crippen LogP contribution in [0.1, 0.15) is 55.7 Å². The summed E-state index contributed by atoms with van der Waals surface area (Å²) in [6.07, 6.45) is 4.10.